The fourth-order valence-corrected chi connectivity index (χ4v) is 2.87. The Balaban J connectivity index is 0. The molecule has 1 aliphatic carbocycles. The van der Waals surface area contributed by atoms with Crippen molar-refractivity contribution in [1.29, 1.82) is 0 Å². The number of halogens is 2. The zero-order chi connectivity index (χ0) is 16.5. The van der Waals surface area contributed by atoms with Crippen LogP contribution >= 0.6 is 0 Å². The average molecular weight is 550 g/mol. The van der Waals surface area contributed by atoms with Gasteiger partial charge in [-0.15, -0.1) is 18.7 Å². The molecule has 0 saturated heterocycles. The number of hydrogen-bond donors (Lipinski definition) is 0. The summed E-state index contributed by atoms with van der Waals surface area (Å²) in [5, 5.41) is 0. The molecule has 1 aliphatic rings. The summed E-state index contributed by atoms with van der Waals surface area (Å²) in [4.78, 5) is 0. The maximum absolute atomic E-state index is 3.30. The molecule has 3 aromatic carbocycles. The van der Waals surface area contributed by atoms with Crippen LogP contribution < -0.4 is 24.8 Å². The summed E-state index contributed by atoms with van der Waals surface area (Å²) >= 11 is 0. The minimum Gasteiger partial charge on any atom is -1.00 e. The summed E-state index contributed by atoms with van der Waals surface area (Å²) in [6.07, 6.45) is 3.53. The molecule has 134 valence electrons. The summed E-state index contributed by atoms with van der Waals surface area (Å²) in [6, 6.07) is 26.6. The van der Waals surface area contributed by atoms with Crippen LogP contribution in [0, 0.1) is 6.07 Å². The van der Waals surface area contributed by atoms with E-state index in [0.717, 1.165) is 6.42 Å². The van der Waals surface area contributed by atoms with Gasteiger partial charge in [-0.1, -0.05) is 55.2 Å². The van der Waals surface area contributed by atoms with Crippen LogP contribution in [0.3, 0.4) is 0 Å². The molecule has 0 fully saturated rings. The van der Waals surface area contributed by atoms with Crippen molar-refractivity contribution < 1.29 is 50.7 Å². The van der Waals surface area contributed by atoms with E-state index in [1.54, 1.807) is 0 Å². The van der Waals surface area contributed by atoms with E-state index in [-0.39, 0.29) is 50.7 Å². The molecule has 0 heterocycles. The van der Waals surface area contributed by atoms with E-state index >= 15 is 0 Å². The summed E-state index contributed by atoms with van der Waals surface area (Å²) in [7, 11) is 0. The summed E-state index contributed by atoms with van der Waals surface area (Å²) in [5.74, 6) is 0. The molecule has 26 heavy (non-hydrogen) atoms. The van der Waals surface area contributed by atoms with Gasteiger partial charge in [-0.2, -0.15) is 47.5 Å². The number of fused-ring (bicyclic) bond motifs is 3. The van der Waals surface area contributed by atoms with Gasteiger partial charge in [-0.25, -0.2) is 12.1 Å². The van der Waals surface area contributed by atoms with Gasteiger partial charge in [0.1, 0.15) is 0 Å². The second-order valence-corrected chi connectivity index (χ2v) is 5.44. The Hall–Kier alpha value is -1.02. The van der Waals surface area contributed by atoms with Crippen LogP contribution in [0.2, 0.25) is 0 Å². The van der Waals surface area contributed by atoms with Gasteiger partial charge in [0.15, 0.2) is 0 Å². The third-order valence-corrected chi connectivity index (χ3v) is 3.89. The summed E-state index contributed by atoms with van der Waals surface area (Å²) in [6.45, 7) is 8.20. The third-order valence-electron chi connectivity index (χ3n) is 3.89. The Morgan fingerprint density at radius 2 is 1.54 bits per heavy atom. The maximum atomic E-state index is 3.30. The van der Waals surface area contributed by atoms with E-state index in [1.165, 1.54) is 40.7 Å². The van der Waals surface area contributed by atoms with Crippen LogP contribution in [0.4, 0.5) is 0 Å². The van der Waals surface area contributed by atoms with Crippen molar-refractivity contribution in [3.8, 4) is 11.1 Å². The van der Waals surface area contributed by atoms with Crippen molar-refractivity contribution in [1.82, 2.24) is 0 Å². The molecule has 3 heteroatoms. The van der Waals surface area contributed by atoms with Crippen molar-refractivity contribution in [3.63, 3.8) is 0 Å². The monoisotopic (exact) mass is 550 g/mol. The van der Waals surface area contributed by atoms with E-state index in [4.69, 9.17) is 0 Å². The normalized spacial score (nSPS) is 9.27. The Kier molecular flexibility index (Phi) is 15.8. The molecule has 0 aliphatic heterocycles. The zero-order valence-electron chi connectivity index (χ0n) is 15.1. The summed E-state index contributed by atoms with van der Waals surface area (Å²) < 4.78 is 0. The Labute approximate surface area is 189 Å². The van der Waals surface area contributed by atoms with Crippen molar-refractivity contribution in [3.05, 3.63) is 103 Å². The van der Waals surface area contributed by atoms with Gasteiger partial charge in [-0.3, -0.25) is 0 Å². The largest absolute Gasteiger partial charge is 4.00 e. The van der Waals surface area contributed by atoms with Crippen molar-refractivity contribution in [2.45, 2.75) is 26.2 Å². The van der Waals surface area contributed by atoms with Gasteiger partial charge in [0.05, 0.1) is 0 Å². The standard InChI is InChI=1S/C13H9.C8H11.C2H4.2ClH.Hf/c1-3-7-12-10(5-1)9-11-6-2-4-8-13(11)12;1-2-5-8-6-3-4-7-8;1-2;;;/h1-5,7-8H,9H2;3-4,6-7H,2,5H2,1H3;1-2H2;2*1H;/q2*-1;;;;+4/p-2. The fraction of sp³-hybridized carbons (Fsp3) is 0.174. The first-order valence-corrected chi connectivity index (χ1v) is 8.17. The molecule has 0 unspecified atom stereocenters. The number of aryl methyl sites for hydroxylation is 1. The fourth-order valence-electron chi connectivity index (χ4n) is 2.87. The van der Waals surface area contributed by atoms with E-state index in [9.17, 15) is 0 Å². The number of rotatable bonds is 2. The number of hydrogen-bond acceptors (Lipinski definition) is 0. The van der Waals surface area contributed by atoms with Crippen LogP contribution in [-0.2, 0) is 38.7 Å². The molecule has 0 nitrogen and oxygen atoms in total. The van der Waals surface area contributed by atoms with Crippen molar-refractivity contribution in [2.75, 3.05) is 0 Å². The zero-order valence-corrected chi connectivity index (χ0v) is 20.2. The molecule has 0 saturated carbocycles. The molecule has 3 aromatic rings. The van der Waals surface area contributed by atoms with Gasteiger partial charge >= 0.3 is 25.8 Å². The van der Waals surface area contributed by atoms with E-state index in [0.29, 0.717) is 0 Å². The molecule has 0 spiro atoms. The van der Waals surface area contributed by atoms with Crippen molar-refractivity contribution >= 4 is 0 Å². The van der Waals surface area contributed by atoms with Crippen molar-refractivity contribution in [2.24, 2.45) is 0 Å². The first-order chi connectivity index (χ1) is 11.4. The second kappa shape index (κ2) is 15.1. The smallest absolute Gasteiger partial charge is 1.00 e. The van der Waals surface area contributed by atoms with Gasteiger partial charge < -0.3 is 24.8 Å². The van der Waals surface area contributed by atoms with Crippen LogP contribution in [0.5, 0.6) is 0 Å². The Morgan fingerprint density at radius 3 is 2.19 bits per heavy atom. The molecular formula is C23H24Cl2Hf. The van der Waals surface area contributed by atoms with E-state index in [1.807, 2.05) is 6.07 Å². The predicted molar refractivity (Wildman–Crippen MR) is 101 cm³/mol. The topological polar surface area (TPSA) is 0 Å². The third kappa shape index (κ3) is 7.31. The molecule has 0 atom stereocenters. The maximum Gasteiger partial charge on any atom is 4.00 e. The SMILES string of the molecule is C=C.CCC[c-]1cccc1.[Cl-].[Cl-].[Hf+4].[c-]1cccc2c1Cc1ccccc1-2. The van der Waals surface area contributed by atoms with Crippen LogP contribution in [-0.4, -0.2) is 0 Å². The van der Waals surface area contributed by atoms with Crippen LogP contribution in [0.25, 0.3) is 11.1 Å². The molecule has 0 N–H and O–H groups in total. The molecule has 0 aromatic heterocycles. The molecule has 4 rings (SSSR count). The first kappa shape index (κ1) is 27.2. The molecular weight excluding hydrogens is 526 g/mol. The predicted octanol–water partition coefficient (Wildman–Crippen LogP) is 0.224. The van der Waals surface area contributed by atoms with E-state index < -0.39 is 0 Å². The van der Waals surface area contributed by atoms with Gasteiger partial charge in [0.2, 0.25) is 0 Å². The summed E-state index contributed by atoms with van der Waals surface area (Å²) in [5.41, 5.74) is 6.98. The molecule has 0 radical (unpaired) electrons. The first-order valence-electron chi connectivity index (χ1n) is 8.17. The number of benzene rings is 2. The Bertz CT molecular complexity index is 677. The quantitative estimate of drug-likeness (QED) is 0.191. The van der Waals surface area contributed by atoms with Gasteiger partial charge in [0, 0.05) is 0 Å². The minimum atomic E-state index is 0. The van der Waals surface area contributed by atoms with Gasteiger partial charge in [0.25, 0.3) is 0 Å². The van der Waals surface area contributed by atoms with E-state index in [2.05, 4.69) is 86.8 Å². The Morgan fingerprint density at radius 1 is 0.923 bits per heavy atom. The van der Waals surface area contributed by atoms with Crippen LogP contribution in [0.1, 0.15) is 30.0 Å². The molecule has 0 bridgehead atoms. The minimum absolute atomic E-state index is 0. The average Bonchev–Trinajstić information content (AvgIpc) is 3.25. The van der Waals surface area contributed by atoms with Crippen LogP contribution in [0.15, 0.2) is 79.9 Å². The second-order valence-electron chi connectivity index (χ2n) is 5.44. The molecule has 0 amide bonds. The van der Waals surface area contributed by atoms with Gasteiger partial charge in [-0.05, 0) is 6.42 Å².